The maximum absolute atomic E-state index is 7.14. The van der Waals surface area contributed by atoms with Crippen molar-refractivity contribution < 1.29 is 9.47 Å². The van der Waals surface area contributed by atoms with Crippen LogP contribution in [0.1, 0.15) is 13.8 Å². The van der Waals surface area contributed by atoms with Crippen molar-refractivity contribution in [1.82, 2.24) is 0 Å². The van der Waals surface area contributed by atoms with Crippen molar-refractivity contribution in [3.05, 3.63) is 12.0 Å². The molecule has 0 aromatic rings. The first-order chi connectivity index (χ1) is 5.20. The van der Waals surface area contributed by atoms with E-state index in [2.05, 4.69) is 0 Å². The van der Waals surface area contributed by atoms with Crippen molar-refractivity contribution in [3.8, 4) is 0 Å². The highest BCUT2D eigenvalue weighted by Crippen LogP contribution is 1.89. The molecule has 0 aromatic carbocycles. The molecule has 0 unspecified atom stereocenters. The van der Waals surface area contributed by atoms with Gasteiger partial charge in [-0.3, -0.25) is 5.41 Å². The van der Waals surface area contributed by atoms with Crippen LogP contribution >= 0.6 is 0 Å². The Bertz CT molecular complexity index is 155. The predicted molar refractivity (Wildman–Crippen MR) is 43.2 cm³/mol. The van der Waals surface area contributed by atoms with E-state index >= 15 is 0 Å². The van der Waals surface area contributed by atoms with Gasteiger partial charge in [0.1, 0.15) is 0 Å². The zero-order valence-electron chi connectivity index (χ0n) is 6.89. The van der Waals surface area contributed by atoms with E-state index < -0.39 is 0 Å². The lowest BCUT2D eigenvalue weighted by Crippen LogP contribution is -2.07. The average Bonchev–Trinajstić information content (AvgIpc) is 1.87. The van der Waals surface area contributed by atoms with E-state index in [4.69, 9.17) is 20.6 Å². The van der Waals surface area contributed by atoms with Crippen LogP contribution in [0.3, 0.4) is 0 Å². The zero-order valence-corrected chi connectivity index (χ0v) is 6.89. The fourth-order valence-corrected chi connectivity index (χ4v) is 0.535. The number of hydrogen-bond acceptors (Lipinski definition) is 4. The van der Waals surface area contributed by atoms with Gasteiger partial charge in [0.25, 0.3) is 0 Å². The van der Waals surface area contributed by atoms with Gasteiger partial charge < -0.3 is 15.2 Å². The summed E-state index contributed by atoms with van der Waals surface area (Å²) in [5.74, 6) is 0.240. The SMILES string of the molecule is CCOC(=N)/C=C(\N)OCC. The Kier molecular flexibility index (Phi) is 4.98. The van der Waals surface area contributed by atoms with Crippen LogP contribution in [-0.4, -0.2) is 19.1 Å². The second kappa shape index (κ2) is 5.58. The predicted octanol–water partition coefficient (Wildman–Crippen LogP) is 0.837. The first-order valence-electron chi connectivity index (χ1n) is 3.52. The van der Waals surface area contributed by atoms with Crippen LogP contribution in [-0.2, 0) is 9.47 Å². The summed E-state index contributed by atoms with van der Waals surface area (Å²) in [6, 6.07) is 0. The number of nitrogens with one attached hydrogen (secondary N) is 1. The minimum atomic E-state index is 0.0263. The average molecular weight is 158 g/mol. The molecule has 0 bridgehead atoms. The summed E-state index contributed by atoms with van der Waals surface area (Å²) >= 11 is 0. The molecule has 0 aliphatic carbocycles. The highest BCUT2D eigenvalue weighted by atomic mass is 16.5. The lowest BCUT2D eigenvalue weighted by molar-refractivity contribution is 0.225. The summed E-state index contributed by atoms with van der Waals surface area (Å²) in [5, 5.41) is 7.14. The Labute approximate surface area is 66.5 Å². The molecule has 0 fully saturated rings. The highest BCUT2D eigenvalue weighted by molar-refractivity contribution is 5.84. The molecule has 0 spiro atoms. The minimum absolute atomic E-state index is 0.0263. The summed E-state index contributed by atoms with van der Waals surface area (Å²) in [7, 11) is 0. The van der Waals surface area contributed by atoms with E-state index in [0.29, 0.717) is 13.2 Å². The van der Waals surface area contributed by atoms with E-state index in [-0.39, 0.29) is 11.8 Å². The second-order valence-electron chi connectivity index (χ2n) is 1.78. The topological polar surface area (TPSA) is 68.3 Å². The molecular weight excluding hydrogens is 144 g/mol. The molecule has 0 heterocycles. The molecule has 4 nitrogen and oxygen atoms in total. The van der Waals surface area contributed by atoms with E-state index in [1.165, 1.54) is 6.08 Å². The fourth-order valence-electron chi connectivity index (χ4n) is 0.535. The summed E-state index contributed by atoms with van der Waals surface area (Å²) in [6.07, 6.45) is 1.34. The first kappa shape index (κ1) is 9.81. The largest absolute Gasteiger partial charge is 0.479 e. The molecule has 0 saturated heterocycles. The molecule has 0 rings (SSSR count). The van der Waals surface area contributed by atoms with Gasteiger partial charge >= 0.3 is 0 Å². The number of nitrogens with two attached hydrogens (primary N) is 1. The summed E-state index contributed by atoms with van der Waals surface area (Å²) in [5.41, 5.74) is 5.33. The maximum atomic E-state index is 7.14. The lowest BCUT2D eigenvalue weighted by Gasteiger charge is -2.02. The van der Waals surface area contributed by atoms with Gasteiger partial charge in [-0.05, 0) is 13.8 Å². The standard InChI is InChI=1S/C7H14N2O2/c1-3-10-6(8)5-7(9)11-4-2/h5,8H,3-4,9H2,1-2H3/b7-5+,8-6?. The first-order valence-corrected chi connectivity index (χ1v) is 3.52. The van der Waals surface area contributed by atoms with E-state index in [1.807, 2.05) is 6.92 Å². The van der Waals surface area contributed by atoms with E-state index in [0.717, 1.165) is 0 Å². The quantitative estimate of drug-likeness (QED) is 0.362. The Morgan fingerprint density at radius 1 is 1.36 bits per heavy atom. The molecule has 0 amide bonds. The maximum Gasteiger partial charge on any atom is 0.211 e. The molecule has 4 heteroatoms. The third kappa shape index (κ3) is 5.26. The zero-order chi connectivity index (χ0) is 8.69. The van der Waals surface area contributed by atoms with Crippen LogP contribution < -0.4 is 5.73 Å². The van der Waals surface area contributed by atoms with Crippen molar-refractivity contribution in [2.45, 2.75) is 13.8 Å². The molecule has 0 radical (unpaired) electrons. The Hall–Kier alpha value is -1.19. The number of hydrogen-bond donors (Lipinski definition) is 2. The Balaban J connectivity index is 3.76. The third-order valence-corrected chi connectivity index (χ3v) is 0.884. The van der Waals surface area contributed by atoms with Gasteiger partial charge in [-0.2, -0.15) is 0 Å². The third-order valence-electron chi connectivity index (χ3n) is 0.884. The van der Waals surface area contributed by atoms with E-state index in [1.54, 1.807) is 6.92 Å². The fraction of sp³-hybridized carbons (Fsp3) is 0.571. The van der Waals surface area contributed by atoms with Gasteiger partial charge in [-0.15, -0.1) is 0 Å². The summed E-state index contributed by atoms with van der Waals surface area (Å²) < 4.78 is 9.68. The van der Waals surface area contributed by atoms with Crippen LogP contribution in [0.5, 0.6) is 0 Å². The molecule has 0 saturated carbocycles. The van der Waals surface area contributed by atoms with Gasteiger partial charge in [0.2, 0.25) is 5.90 Å². The summed E-state index contributed by atoms with van der Waals surface area (Å²) in [4.78, 5) is 0. The molecule has 0 aliphatic rings. The van der Waals surface area contributed by atoms with Crippen LogP contribution in [0.4, 0.5) is 0 Å². The van der Waals surface area contributed by atoms with Crippen LogP contribution in [0.2, 0.25) is 0 Å². The monoisotopic (exact) mass is 158 g/mol. The van der Waals surface area contributed by atoms with Gasteiger partial charge in [0.05, 0.1) is 19.3 Å². The minimum Gasteiger partial charge on any atom is -0.479 e. The Morgan fingerprint density at radius 2 is 1.91 bits per heavy atom. The van der Waals surface area contributed by atoms with Crippen molar-refractivity contribution in [2.24, 2.45) is 5.73 Å². The van der Waals surface area contributed by atoms with Crippen molar-refractivity contribution >= 4 is 5.90 Å². The summed E-state index contributed by atoms with van der Waals surface area (Å²) in [6.45, 7) is 4.60. The lowest BCUT2D eigenvalue weighted by atomic mass is 10.5. The molecule has 0 aromatic heterocycles. The van der Waals surface area contributed by atoms with Gasteiger partial charge in [0, 0.05) is 0 Å². The van der Waals surface area contributed by atoms with Crippen LogP contribution in [0.25, 0.3) is 0 Å². The smallest absolute Gasteiger partial charge is 0.211 e. The molecular formula is C7H14N2O2. The molecule has 0 aliphatic heterocycles. The van der Waals surface area contributed by atoms with Gasteiger partial charge in [-0.1, -0.05) is 0 Å². The van der Waals surface area contributed by atoms with Crippen LogP contribution in [0.15, 0.2) is 12.0 Å². The van der Waals surface area contributed by atoms with Crippen molar-refractivity contribution in [1.29, 1.82) is 5.41 Å². The van der Waals surface area contributed by atoms with Gasteiger partial charge in [-0.25, -0.2) is 0 Å². The van der Waals surface area contributed by atoms with Gasteiger partial charge in [0.15, 0.2) is 5.88 Å². The van der Waals surface area contributed by atoms with Crippen LogP contribution in [0, 0.1) is 5.41 Å². The number of ether oxygens (including phenoxy) is 2. The number of rotatable bonds is 4. The normalized spacial score (nSPS) is 10.9. The van der Waals surface area contributed by atoms with Crippen molar-refractivity contribution in [3.63, 3.8) is 0 Å². The Morgan fingerprint density at radius 3 is 2.36 bits per heavy atom. The molecule has 11 heavy (non-hydrogen) atoms. The van der Waals surface area contributed by atoms with E-state index in [9.17, 15) is 0 Å². The second-order valence-corrected chi connectivity index (χ2v) is 1.78. The molecule has 0 atom stereocenters. The van der Waals surface area contributed by atoms with Crippen molar-refractivity contribution in [2.75, 3.05) is 13.2 Å². The molecule has 3 N–H and O–H groups in total. The molecule has 64 valence electrons. The highest BCUT2D eigenvalue weighted by Gasteiger charge is 1.93.